The molecule has 0 aliphatic heterocycles. The van der Waals surface area contributed by atoms with Gasteiger partial charge in [0.05, 0.1) is 32.0 Å². The maximum atomic E-state index is 8.81. The first-order valence-corrected chi connectivity index (χ1v) is 6.01. The topological polar surface area (TPSA) is 42.2 Å². The lowest BCUT2D eigenvalue weighted by atomic mass is 10.1. The van der Waals surface area contributed by atoms with Gasteiger partial charge < -0.3 is 9.47 Å². The van der Waals surface area contributed by atoms with Crippen LogP contribution in [0.5, 0.6) is 5.75 Å². The lowest BCUT2D eigenvalue weighted by Crippen LogP contribution is -1.94. The summed E-state index contributed by atoms with van der Waals surface area (Å²) in [6, 6.07) is 17.3. The van der Waals surface area contributed by atoms with Crippen molar-refractivity contribution in [2.45, 2.75) is 13.2 Å². The number of hydrogen-bond donors (Lipinski definition) is 0. The van der Waals surface area contributed by atoms with Crippen molar-refractivity contribution >= 4 is 0 Å². The van der Waals surface area contributed by atoms with Crippen molar-refractivity contribution in [1.29, 1.82) is 5.26 Å². The molecule has 0 aromatic heterocycles. The first-order valence-electron chi connectivity index (χ1n) is 6.01. The zero-order valence-corrected chi connectivity index (χ0v) is 10.8. The van der Waals surface area contributed by atoms with Gasteiger partial charge in [0.1, 0.15) is 5.75 Å². The molecule has 0 unspecified atom stereocenters. The molecule has 0 saturated heterocycles. The van der Waals surface area contributed by atoms with Crippen molar-refractivity contribution in [3.8, 4) is 11.8 Å². The molecular formula is C16H15NO2. The van der Waals surface area contributed by atoms with E-state index in [4.69, 9.17) is 14.7 Å². The Labute approximate surface area is 113 Å². The highest BCUT2D eigenvalue weighted by molar-refractivity contribution is 5.32. The highest BCUT2D eigenvalue weighted by Crippen LogP contribution is 2.13. The quantitative estimate of drug-likeness (QED) is 0.821. The Morgan fingerprint density at radius 2 is 1.74 bits per heavy atom. The van der Waals surface area contributed by atoms with Crippen LogP contribution in [0.25, 0.3) is 0 Å². The first-order chi connectivity index (χ1) is 9.31. The average molecular weight is 253 g/mol. The Bertz CT molecular complexity index is 570. The largest absolute Gasteiger partial charge is 0.497 e. The third kappa shape index (κ3) is 3.84. The zero-order valence-electron chi connectivity index (χ0n) is 10.8. The molecule has 0 saturated carbocycles. The number of benzene rings is 2. The molecule has 0 heterocycles. The van der Waals surface area contributed by atoms with E-state index >= 15 is 0 Å². The third-order valence-electron chi connectivity index (χ3n) is 2.75. The number of hydrogen-bond acceptors (Lipinski definition) is 3. The predicted octanol–water partition coefficient (Wildman–Crippen LogP) is 3.28. The summed E-state index contributed by atoms with van der Waals surface area (Å²) in [5.41, 5.74) is 2.76. The van der Waals surface area contributed by atoms with Crippen molar-refractivity contribution in [1.82, 2.24) is 0 Å². The van der Waals surface area contributed by atoms with Crippen molar-refractivity contribution < 1.29 is 9.47 Å². The summed E-state index contributed by atoms with van der Waals surface area (Å²) in [6.07, 6.45) is 0. The van der Waals surface area contributed by atoms with Gasteiger partial charge in [-0.2, -0.15) is 5.26 Å². The van der Waals surface area contributed by atoms with Crippen molar-refractivity contribution in [3.63, 3.8) is 0 Å². The van der Waals surface area contributed by atoms with Crippen LogP contribution in [0.3, 0.4) is 0 Å². The maximum Gasteiger partial charge on any atom is 0.118 e. The molecule has 0 aliphatic rings. The Morgan fingerprint density at radius 3 is 2.42 bits per heavy atom. The Balaban J connectivity index is 1.87. The van der Waals surface area contributed by atoms with Crippen molar-refractivity contribution in [2.75, 3.05) is 7.11 Å². The average Bonchev–Trinajstić information content (AvgIpc) is 2.48. The number of methoxy groups -OCH3 is 1. The van der Waals surface area contributed by atoms with Gasteiger partial charge in [-0.3, -0.25) is 0 Å². The first kappa shape index (κ1) is 13.1. The monoisotopic (exact) mass is 253 g/mol. The summed E-state index contributed by atoms with van der Waals surface area (Å²) in [4.78, 5) is 0. The van der Waals surface area contributed by atoms with Crippen molar-refractivity contribution in [3.05, 3.63) is 65.2 Å². The van der Waals surface area contributed by atoms with Gasteiger partial charge >= 0.3 is 0 Å². The van der Waals surface area contributed by atoms with Crippen molar-refractivity contribution in [2.24, 2.45) is 0 Å². The summed E-state index contributed by atoms with van der Waals surface area (Å²) in [7, 11) is 1.65. The molecule has 2 aromatic carbocycles. The molecule has 19 heavy (non-hydrogen) atoms. The van der Waals surface area contributed by atoms with Gasteiger partial charge in [-0.15, -0.1) is 0 Å². The molecule has 0 amide bonds. The molecule has 0 fully saturated rings. The molecule has 0 atom stereocenters. The number of rotatable bonds is 5. The van der Waals surface area contributed by atoms with E-state index in [-0.39, 0.29) is 0 Å². The van der Waals surface area contributed by atoms with E-state index < -0.39 is 0 Å². The van der Waals surface area contributed by atoms with Gasteiger partial charge in [-0.25, -0.2) is 0 Å². The summed E-state index contributed by atoms with van der Waals surface area (Å²) < 4.78 is 10.7. The molecule has 0 spiro atoms. The third-order valence-corrected chi connectivity index (χ3v) is 2.75. The second-order valence-corrected chi connectivity index (χ2v) is 4.15. The molecule has 0 bridgehead atoms. The van der Waals surface area contributed by atoms with E-state index in [1.54, 1.807) is 13.2 Å². The van der Waals surface area contributed by atoms with Crippen LogP contribution in [0.15, 0.2) is 48.5 Å². The minimum atomic E-state index is 0.502. The van der Waals surface area contributed by atoms with E-state index in [1.807, 2.05) is 42.5 Å². The minimum absolute atomic E-state index is 0.502. The zero-order chi connectivity index (χ0) is 13.5. The molecule has 0 N–H and O–H groups in total. The highest BCUT2D eigenvalue weighted by Gasteiger charge is 1.98. The summed E-state index contributed by atoms with van der Waals surface area (Å²) >= 11 is 0. The van der Waals surface area contributed by atoms with Gasteiger partial charge in [0, 0.05) is 0 Å². The number of nitriles is 1. The van der Waals surface area contributed by atoms with E-state index in [9.17, 15) is 0 Å². The normalized spacial score (nSPS) is 9.89. The van der Waals surface area contributed by atoms with Gasteiger partial charge in [-0.1, -0.05) is 24.3 Å². The van der Waals surface area contributed by atoms with E-state index in [0.29, 0.717) is 18.8 Å². The molecule has 3 heteroatoms. The summed E-state index contributed by atoms with van der Waals surface area (Å²) in [5.74, 6) is 0.838. The van der Waals surface area contributed by atoms with Gasteiger partial charge in [0.15, 0.2) is 0 Å². The van der Waals surface area contributed by atoms with Crippen LogP contribution in [-0.2, 0) is 18.0 Å². The highest BCUT2D eigenvalue weighted by atomic mass is 16.5. The molecule has 2 rings (SSSR count). The van der Waals surface area contributed by atoms with Crippen LogP contribution < -0.4 is 4.74 Å². The fourth-order valence-corrected chi connectivity index (χ4v) is 1.74. The van der Waals surface area contributed by atoms with Crippen LogP contribution in [0, 0.1) is 11.3 Å². The van der Waals surface area contributed by atoms with Crippen LogP contribution in [0.2, 0.25) is 0 Å². The van der Waals surface area contributed by atoms with Gasteiger partial charge in [-0.05, 0) is 35.4 Å². The lowest BCUT2D eigenvalue weighted by molar-refractivity contribution is 0.107. The van der Waals surface area contributed by atoms with Crippen LogP contribution in [-0.4, -0.2) is 7.11 Å². The number of ether oxygens (including phenoxy) is 2. The summed E-state index contributed by atoms with van der Waals surface area (Å²) in [6.45, 7) is 1.04. The Kier molecular flexibility index (Phi) is 4.54. The van der Waals surface area contributed by atoms with Crippen LogP contribution in [0.4, 0.5) is 0 Å². The van der Waals surface area contributed by atoms with E-state index in [2.05, 4.69) is 6.07 Å². The van der Waals surface area contributed by atoms with E-state index in [1.165, 1.54) is 0 Å². The van der Waals surface area contributed by atoms with E-state index in [0.717, 1.165) is 16.9 Å². The standard InChI is InChI=1S/C16H15NO2/c1-18-16-7-5-13(6-8-16)11-19-12-15-4-2-3-14(9-15)10-17/h2-9H,11-12H2,1H3. The fourth-order valence-electron chi connectivity index (χ4n) is 1.74. The summed E-state index contributed by atoms with van der Waals surface area (Å²) in [5, 5.41) is 8.81. The maximum absolute atomic E-state index is 8.81. The SMILES string of the molecule is COc1ccc(COCc2cccc(C#N)c2)cc1. The molecule has 96 valence electrons. The Morgan fingerprint density at radius 1 is 1.00 bits per heavy atom. The number of nitrogens with zero attached hydrogens (tertiary/aromatic N) is 1. The lowest BCUT2D eigenvalue weighted by Gasteiger charge is -2.06. The molecule has 0 radical (unpaired) electrons. The Hall–Kier alpha value is -2.31. The molecule has 3 nitrogen and oxygen atoms in total. The predicted molar refractivity (Wildman–Crippen MR) is 72.6 cm³/mol. The fraction of sp³-hybridized carbons (Fsp3) is 0.188. The molecule has 0 aliphatic carbocycles. The second kappa shape index (κ2) is 6.58. The smallest absolute Gasteiger partial charge is 0.118 e. The molecule has 2 aromatic rings. The second-order valence-electron chi connectivity index (χ2n) is 4.15. The van der Waals surface area contributed by atoms with Crippen LogP contribution in [0.1, 0.15) is 16.7 Å². The molecular weight excluding hydrogens is 238 g/mol. The minimum Gasteiger partial charge on any atom is -0.497 e. The van der Waals surface area contributed by atoms with Gasteiger partial charge in [0.25, 0.3) is 0 Å². The van der Waals surface area contributed by atoms with Gasteiger partial charge in [0.2, 0.25) is 0 Å². The van der Waals surface area contributed by atoms with Crippen LogP contribution >= 0.6 is 0 Å².